The molecule has 0 aromatic carbocycles. The van der Waals surface area contributed by atoms with Crippen molar-refractivity contribution in [2.45, 2.75) is 60.8 Å². The zero-order chi connectivity index (χ0) is 17.3. The Morgan fingerprint density at radius 2 is 1.68 bits per heavy atom. The molecule has 0 aliphatic rings. The maximum Gasteiger partial charge on any atom is 0.0171 e. The minimum atomic E-state index is 0.547. The number of hydrogen-bond acceptors (Lipinski definition) is 2. The highest BCUT2D eigenvalue weighted by Gasteiger charge is 2.22. The van der Waals surface area contributed by atoms with Crippen LogP contribution in [0.2, 0.25) is 0 Å². The first-order chi connectivity index (χ1) is 10.2. The maximum atomic E-state index is 4.21. The van der Waals surface area contributed by atoms with E-state index >= 15 is 0 Å². The van der Waals surface area contributed by atoms with E-state index in [1.807, 2.05) is 0 Å². The summed E-state index contributed by atoms with van der Waals surface area (Å²) >= 11 is 0. The van der Waals surface area contributed by atoms with Gasteiger partial charge in [0.05, 0.1) is 0 Å². The van der Waals surface area contributed by atoms with Crippen LogP contribution >= 0.6 is 0 Å². The second-order valence-corrected chi connectivity index (χ2v) is 7.97. The van der Waals surface area contributed by atoms with Crippen molar-refractivity contribution in [3.8, 4) is 0 Å². The van der Waals surface area contributed by atoms with E-state index < -0.39 is 0 Å². The van der Waals surface area contributed by atoms with Gasteiger partial charge in [0.1, 0.15) is 0 Å². The molecule has 0 saturated carbocycles. The Hall–Kier alpha value is -0.500. The van der Waals surface area contributed by atoms with Gasteiger partial charge >= 0.3 is 0 Å². The standard InChI is InChI=1S/C20H42N2/c1-15(2)18(6)20(13-17(5)14-21-8)11-10-12-22(9)19(7)16(3)4/h15-18,20-21H,7,10-14H2,1-6,8-9H3. The molecule has 0 radical (unpaired) electrons. The molecule has 2 nitrogen and oxygen atoms in total. The lowest BCUT2D eigenvalue weighted by molar-refractivity contribution is 0.210. The number of nitrogens with zero attached hydrogens (tertiary/aromatic N) is 1. The van der Waals surface area contributed by atoms with Gasteiger partial charge < -0.3 is 10.2 Å². The number of nitrogens with one attached hydrogen (secondary N) is 1. The lowest BCUT2D eigenvalue weighted by atomic mass is 9.77. The minimum Gasteiger partial charge on any atom is -0.378 e. The van der Waals surface area contributed by atoms with Crippen molar-refractivity contribution in [2.24, 2.45) is 29.6 Å². The van der Waals surface area contributed by atoms with Crippen LogP contribution in [0.5, 0.6) is 0 Å². The van der Waals surface area contributed by atoms with Crippen LogP contribution in [0.1, 0.15) is 60.8 Å². The summed E-state index contributed by atoms with van der Waals surface area (Å²) < 4.78 is 0. The lowest BCUT2D eigenvalue weighted by Crippen LogP contribution is -2.26. The Kier molecular flexibility index (Phi) is 10.8. The minimum absolute atomic E-state index is 0.547. The van der Waals surface area contributed by atoms with Crippen molar-refractivity contribution in [1.82, 2.24) is 10.2 Å². The van der Waals surface area contributed by atoms with E-state index in [4.69, 9.17) is 0 Å². The Morgan fingerprint density at radius 3 is 2.14 bits per heavy atom. The average Bonchev–Trinajstić information content (AvgIpc) is 2.44. The molecule has 0 fully saturated rings. The van der Waals surface area contributed by atoms with Crippen LogP contribution in [0.25, 0.3) is 0 Å². The largest absolute Gasteiger partial charge is 0.378 e. The van der Waals surface area contributed by atoms with Crippen molar-refractivity contribution < 1.29 is 0 Å². The SMILES string of the molecule is C=C(C(C)C)N(C)CCCC(CC(C)CNC)C(C)C(C)C. The number of allylic oxidation sites excluding steroid dienone is 1. The summed E-state index contributed by atoms with van der Waals surface area (Å²) in [6, 6.07) is 0. The zero-order valence-electron chi connectivity index (χ0n) is 16.6. The van der Waals surface area contributed by atoms with E-state index in [-0.39, 0.29) is 0 Å². The first-order valence-corrected chi connectivity index (χ1v) is 9.25. The molecule has 3 unspecified atom stereocenters. The van der Waals surface area contributed by atoms with Gasteiger partial charge in [-0.2, -0.15) is 0 Å². The van der Waals surface area contributed by atoms with Gasteiger partial charge in [-0.15, -0.1) is 0 Å². The fourth-order valence-electron chi connectivity index (χ4n) is 3.26. The summed E-state index contributed by atoms with van der Waals surface area (Å²) in [6.45, 7) is 20.5. The average molecular weight is 311 g/mol. The fraction of sp³-hybridized carbons (Fsp3) is 0.900. The number of hydrogen-bond donors (Lipinski definition) is 1. The van der Waals surface area contributed by atoms with E-state index in [2.05, 4.69) is 72.4 Å². The normalized spacial score (nSPS) is 15.9. The smallest absolute Gasteiger partial charge is 0.0171 e. The Bertz CT molecular complexity index is 296. The lowest BCUT2D eigenvalue weighted by Gasteiger charge is -2.31. The van der Waals surface area contributed by atoms with Crippen LogP contribution in [-0.4, -0.2) is 32.1 Å². The van der Waals surface area contributed by atoms with Gasteiger partial charge in [-0.25, -0.2) is 0 Å². The van der Waals surface area contributed by atoms with Gasteiger partial charge in [0.15, 0.2) is 0 Å². The molecule has 0 amide bonds. The van der Waals surface area contributed by atoms with Crippen LogP contribution in [0.15, 0.2) is 12.3 Å². The molecule has 0 rings (SSSR count). The molecule has 22 heavy (non-hydrogen) atoms. The molecule has 2 heteroatoms. The first-order valence-electron chi connectivity index (χ1n) is 9.25. The fourth-order valence-corrected chi connectivity index (χ4v) is 3.26. The number of rotatable bonds is 12. The van der Waals surface area contributed by atoms with Crippen molar-refractivity contribution in [2.75, 3.05) is 27.2 Å². The summed E-state index contributed by atoms with van der Waals surface area (Å²) in [4.78, 5) is 2.35. The van der Waals surface area contributed by atoms with Gasteiger partial charge in [0.2, 0.25) is 0 Å². The van der Waals surface area contributed by atoms with E-state index in [0.29, 0.717) is 5.92 Å². The molecule has 0 aromatic heterocycles. The molecule has 0 aromatic rings. The van der Waals surface area contributed by atoms with Gasteiger partial charge in [-0.3, -0.25) is 0 Å². The van der Waals surface area contributed by atoms with Crippen LogP contribution in [0.3, 0.4) is 0 Å². The van der Waals surface area contributed by atoms with Gasteiger partial charge in [-0.1, -0.05) is 48.1 Å². The third-order valence-corrected chi connectivity index (χ3v) is 5.28. The summed E-state index contributed by atoms with van der Waals surface area (Å²) in [5, 5.41) is 3.32. The van der Waals surface area contributed by atoms with Gasteiger partial charge in [0.25, 0.3) is 0 Å². The van der Waals surface area contributed by atoms with E-state index in [1.165, 1.54) is 25.0 Å². The van der Waals surface area contributed by atoms with Crippen molar-refractivity contribution in [1.29, 1.82) is 0 Å². The molecule has 132 valence electrons. The molecule has 3 atom stereocenters. The van der Waals surface area contributed by atoms with Crippen molar-refractivity contribution >= 4 is 0 Å². The zero-order valence-corrected chi connectivity index (χ0v) is 16.6. The molecule has 0 bridgehead atoms. The van der Waals surface area contributed by atoms with Crippen LogP contribution in [0, 0.1) is 29.6 Å². The predicted molar refractivity (Wildman–Crippen MR) is 101 cm³/mol. The van der Waals surface area contributed by atoms with Gasteiger partial charge in [0, 0.05) is 19.3 Å². The second kappa shape index (κ2) is 11.1. The molecular formula is C20H42N2. The van der Waals surface area contributed by atoms with Crippen LogP contribution in [-0.2, 0) is 0 Å². The molecule has 0 heterocycles. The molecule has 0 spiro atoms. The molecule has 0 aliphatic carbocycles. The third-order valence-electron chi connectivity index (χ3n) is 5.28. The highest BCUT2D eigenvalue weighted by molar-refractivity contribution is 4.95. The molecule has 1 N–H and O–H groups in total. The maximum absolute atomic E-state index is 4.21. The molecular weight excluding hydrogens is 268 g/mol. The van der Waals surface area contributed by atoms with Crippen molar-refractivity contribution in [3.63, 3.8) is 0 Å². The quantitative estimate of drug-likeness (QED) is 0.544. The molecule has 0 aliphatic heterocycles. The monoisotopic (exact) mass is 310 g/mol. The highest BCUT2D eigenvalue weighted by Crippen LogP contribution is 2.30. The predicted octanol–water partition coefficient (Wildman–Crippen LogP) is 5.02. The Balaban J connectivity index is 4.43. The summed E-state index contributed by atoms with van der Waals surface area (Å²) in [5.74, 6) is 3.72. The van der Waals surface area contributed by atoms with E-state index in [9.17, 15) is 0 Å². The summed E-state index contributed by atoms with van der Waals surface area (Å²) in [5.41, 5.74) is 1.26. The van der Waals surface area contributed by atoms with Crippen molar-refractivity contribution in [3.05, 3.63) is 12.3 Å². The third kappa shape index (κ3) is 8.22. The van der Waals surface area contributed by atoms with E-state index in [0.717, 1.165) is 36.8 Å². The Labute approximate surface area is 140 Å². The molecule has 0 saturated heterocycles. The van der Waals surface area contributed by atoms with Gasteiger partial charge in [-0.05, 0) is 62.4 Å². The summed E-state index contributed by atoms with van der Waals surface area (Å²) in [6.07, 6.45) is 3.95. The topological polar surface area (TPSA) is 15.3 Å². The second-order valence-electron chi connectivity index (χ2n) is 7.97. The van der Waals surface area contributed by atoms with E-state index in [1.54, 1.807) is 0 Å². The van der Waals surface area contributed by atoms with Crippen LogP contribution < -0.4 is 5.32 Å². The highest BCUT2D eigenvalue weighted by atomic mass is 15.1. The van der Waals surface area contributed by atoms with Crippen LogP contribution in [0.4, 0.5) is 0 Å². The summed E-state index contributed by atoms with van der Waals surface area (Å²) in [7, 11) is 4.25. The Morgan fingerprint density at radius 1 is 1.09 bits per heavy atom. The first kappa shape index (κ1) is 21.5.